The minimum Gasteiger partial charge on any atom is -0.463 e. The third-order valence-corrected chi connectivity index (χ3v) is 2.66. The second-order valence-corrected chi connectivity index (χ2v) is 4.04. The van der Waals surface area contributed by atoms with Gasteiger partial charge in [-0.3, -0.25) is 9.89 Å². The van der Waals surface area contributed by atoms with Gasteiger partial charge in [-0.05, 0) is 26.1 Å². The third-order valence-electron chi connectivity index (χ3n) is 2.66. The highest BCUT2D eigenvalue weighted by Crippen LogP contribution is 2.17. The lowest BCUT2D eigenvalue weighted by molar-refractivity contribution is 0.0945. The van der Waals surface area contributed by atoms with E-state index in [-0.39, 0.29) is 24.4 Å². The first-order valence-corrected chi connectivity index (χ1v) is 5.75. The average Bonchev–Trinajstić information content (AvgIpc) is 3.04. The van der Waals surface area contributed by atoms with E-state index in [1.807, 2.05) is 14.0 Å². The SMILES string of the molecule is CNC(C)CNC(=O)c1cc(-c2ccco2)[nH]n1.Cl. The van der Waals surface area contributed by atoms with Crippen LogP contribution in [0.2, 0.25) is 0 Å². The number of hydrogen-bond donors (Lipinski definition) is 3. The molecule has 1 amide bonds. The van der Waals surface area contributed by atoms with E-state index >= 15 is 0 Å². The van der Waals surface area contributed by atoms with Crippen molar-refractivity contribution < 1.29 is 9.21 Å². The Morgan fingerprint density at radius 1 is 1.58 bits per heavy atom. The standard InChI is InChI=1S/C12H16N4O2.ClH/c1-8(13-2)7-14-12(17)10-6-9(15-16-10)11-4-3-5-18-11;/h3-6,8,13H,7H2,1-2H3,(H,14,17)(H,15,16);1H. The molecule has 6 nitrogen and oxygen atoms in total. The smallest absolute Gasteiger partial charge is 0.271 e. The van der Waals surface area contributed by atoms with Crippen molar-refractivity contribution in [3.63, 3.8) is 0 Å². The van der Waals surface area contributed by atoms with Gasteiger partial charge in [-0.2, -0.15) is 5.10 Å². The molecule has 2 rings (SSSR count). The number of H-pyrrole nitrogens is 1. The van der Waals surface area contributed by atoms with Gasteiger partial charge >= 0.3 is 0 Å². The minimum absolute atomic E-state index is 0. The molecular formula is C12H17ClN4O2. The van der Waals surface area contributed by atoms with Crippen molar-refractivity contribution >= 4 is 18.3 Å². The van der Waals surface area contributed by atoms with E-state index in [0.717, 1.165) is 0 Å². The van der Waals surface area contributed by atoms with Gasteiger partial charge in [0.15, 0.2) is 11.5 Å². The van der Waals surface area contributed by atoms with Crippen molar-refractivity contribution in [3.05, 3.63) is 30.2 Å². The quantitative estimate of drug-likeness (QED) is 0.776. The number of nitrogens with one attached hydrogen (secondary N) is 3. The minimum atomic E-state index is -0.203. The maximum atomic E-state index is 11.8. The molecule has 0 bridgehead atoms. The lowest BCUT2D eigenvalue weighted by atomic mass is 10.3. The van der Waals surface area contributed by atoms with Crippen molar-refractivity contribution in [1.82, 2.24) is 20.8 Å². The van der Waals surface area contributed by atoms with Crippen LogP contribution in [0.25, 0.3) is 11.5 Å². The zero-order valence-electron chi connectivity index (χ0n) is 10.8. The summed E-state index contributed by atoms with van der Waals surface area (Å²) in [5, 5.41) is 12.6. The molecule has 2 heterocycles. The highest BCUT2D eigenvalue weighted by Gasteiger charge is 2.12. The molecule has 2 aromatic rings. The molecule has 104 valence electrons. The topological polar surface area (TPSA) is 83.0 Å². The molecular weight excluding hydrogens is 268 g/mol. The fourth-order valence-corrected chi connectivity index (χ4v) is 1.43. The van der Waals surface area contributed by atoms with Gasteiger partial charge in [-0.1, -0.05) is 0 Å². The van der Waals surface area contributed by atoms with Crippen LogP contribution in [0, 0.1) is 0 Å². The molecule has 3 N–H and O–H groups in total. The Morgan fingerprint density at radius 2 is 2.37 bits per heavy atom. The molecule has 1 unspecified atom stereocenters. The largest absolute Gasteiger partial charge is 0.463 e. The Hall–Kier alpha value is -1.79. The zero-order chi connectivity index (χ0) is 13.0. The van der Waals surface area contributed by atoms with Crippen molar-refractivity contribution in [2.45, 2.75) is 13.0 Å². The molecule has 0 spiro atoms. The van der Waals surface area contributed by atoms with Gasteiger partial charge in [0.25, 0.3) is 5.91 Å². The number of likely N-dealkylation sites (N-methyl/N-ethyl adjacent to an activating group) is 1. The summed E-state index contributed by atoms with van der Waals surface area (Å²) < 4.78 is 5.22. The summed E-state index contributed by atoms with van der Waals surface area (Å²) >= 11 is 0. The maximum Gasteiger partial charge on any atom is 0.271 e. The van der Waals surface area contributed by atoms with Gasteiger partial charge in [-0.15, -0.1) is 12.4 Å². The van der Waals surface area contributed by atoms with E-state index in [9.17, 15) is 4.79 Å². The van der Waals surface area contributed by atoms with Crippen LogP contribution in [-0.2, 0) is 0 Å². The summed E-state index contributed by atoms with van der Waals surface area (Å²) in [7, 11) is 1.85. The lowest BCUT2D eigenvalue weighted by Crippen LogP contribution is -2.37. The van der Waals surface area contributed by atoms with Gasteiger partial charge in [-0.25, -0.2) is 0 Å². The van der Waals surface area contributed by atoms with E-state index in [4.69, 9.17) is 4.42 Å². The van der Waals surface area contributed by atoms with Crippen molar-refractivity contribution in [3.8, 4) is 11.5 Å². The number of halogens is 1. The fourth-order valence-electron chi connectivity index (χ4n) is 1.43. The molecule has 7 heteroatoms. The predicted molar refractivity (Wildman–Crippen MR) is 74.4 cm³/mol. The van der Waals surface area contributed by atoms with Crippen molar-refractivity contribution in [2.75, 3.05) is 13.6 Å². The molecule has 0 fully saturated rings. The van der Waals surface area contributed by atoms with Crippen LogP contribution in [0.5, 0.6) is 0 Å². The number of carbonyl (C=O) groups excluding carboxylic acids is 1. The summed E-state index contributed by atoms with van der Waals surface area (Å²) in [6, 6.07) is 5.47. The molecule has 0 aromatic carbocycles. The van der Waals surface area contributed by atoms with Gasteiger partial charge < -0.3 is 15.1 Å². The first-order valence-electron chi connectivity index (χ1n) is 5.75. The van der Waals surface area contributed by atoms with Crippen LogP contribution in [0.15, 0.2) is 28.9 Å². The van der Waals surface area contributed by atoms with Gasteiger partial charge in [0.1, 0.15) is 5.69 Å². The summed E-state index contributed by atoms with van der Waals surface area (Å²) in [4.78, 5) is 11.8. The van der Waals surface area contributed by atoms with Gasteiger partial charge in [0, 0.05) is 18.7 Å². The monoisotopic (exact) mass is 284 g/mol. The fraction of sp³-hybridized carbons (Fsp3) is 0.333. The molecule has 0 saturated heterocycles. The molecule has 0 saturated carbocycles. The predicted octanol–water partition coefficient (Wildman–Crippen LogP) is 1.43. The van der Waals surface area contributed by atoms with E-state index < -0.39 is 0 Å². The second-order valence-electron chi connectivity index (χ2n) is 4.04. The number of rotatable bonds is 5. The number of aromatic amines is 1. The number of nitrogens with zero attached hydrogens (tertiary/aromatic N) is 1. The summed E-state index contributed by atoms with van der Waals surface area (Å²) in [6.07, 6.45) is 1.57. The Labute approximate surface area is 117 Å². The highest BCUT2D eigenvalue weighted by molar-refractivity contribution is 5.93. The molecule has 19 heavy (non-hydrogen) atoms. The Morgan fingerprint density at radius 3 is 3.00 bits per heavy atom. The first kappa shape index (κ1) is 15.3. The summed E-state index contributed by atoms with van der Waals surface area (Å²) in [6.45, 7) is 2.54. The van der Waals surface area contributed by atoms with Crippen molar-refractivity contribution in [1.29, 1.82) is 0 Å². The summed E-state index contributed by atoms with van der Waals surface area (Å²) in [5.74, 6) is 0.455. The number of amides is 1. The molecule has 0 aliphatic carbocycles. The van der Waals surface area contributed by atoms with E-state index in [1.54, 1.807) is 24.5 Å². The molecule has 1 atom stereocenters. The Balaban J connectivity index is 0.00000180. The summed E-state index contributed by atoms with van der Waals surface area (Å²) in [5.41, 5.74) is 1.04. The maximum absolute atomic E-state index is 11.8. The first-order chi connectivity index (χ1) is 8.70. The number of hydrogen-bond acceptors (Lipinski definition) is 4. The molecule has 0 radical (unpaired) electrons. The average molecular weight is 285 g/mol. The van der Waals surface area contributed by atoms with Crippen LogP contribution in [-0.4, -0.2) is 35.7 Å². The van der Waals surface area contributed by atoms with Crippen LogP contribution < -0.4 is 10.6 Å². The highest BCUT2D eigenvalue weighted by atomic mass is 35.5. The van der Waals surface area contributed by atoms with Crippen molar-refractivity contribution in [2.24, 2.45) is 0 Å². The molecule has 0 aliphatic heterocycles. The normalized spacial score (nSPS) is 11.7. The van der Waals surface area contributed by atoms with E-state index in [0.29, 0.717) is 23.7 Å². The van der Waals surface area contributed by atoms with E-state index in [1.165, 1.54) is 0 Å². The van der Waals surface area contributed by atoms with Crippen LogP contribution in [0.1, 0.15) is 17.4 Å². The van der Waals surface area contributed by atoms with Gasteiger partial charge in [0.05, 0.1) is 6.26 Å². The number of furan rings is 1. The van der Waals surface area contributed by atoms with Crippen LogP contribution in [0.3, 0.4) is 0 Å². The van der Waals surface area contributed by atoms with Crippen LogP contribution >= 0.6 is 12.4 Å². The third kappa shape index (κ3) is 3.84. The van der Waals surface area contributed by atoms with Crippen LogP contribution in [0.4, 0.5) is 0 Å². The number of aromatic nitrogens is 2. The zero-order valence-corrected chi connectivity index (χ0v) is 11.6. The second kappa shape index (κ2) is 6.96. The lowest BCUT2D eigenvalue weighted by Gasteiger charge is -2.09. The van der Waals surface area contributed by atoms with Gasteiger partial charge in [0.2, 0.25) is 0 Å². The molecule has 2 aromatic heterocycles. The Kier molecular flexibility index (Phi) is 5.59. The molecule has 0 aliphatic rings. The Bertz CT molecular complexity index is 510. The number of carbonyl (C=O) groups is 1. The van der Waals surface area contributed by atoms with E-state index in [2.05, 4.69) is 20.8 Å².